The standard InChI is InChI=1S/C20H22ClNO2/c1-3-20(4-2)13-17(16-7-5-6-8-18(16)24-20)22-19(23)14-9-11-15(21)12-10-14/h5-12,17H,3-4,13H2,1-2H3,(H,22,23)/t17-/m1/s1. The number of ether oxygens (including phenoxy) is 1. The molecule has 1 aliphatic heterocycles. The Morgan fingerprint density at radius 1 is 1.17 bits per heavy atom. The van der Waals surface area contributed by atoms with Crippen molar-refractivity contribution in [1.29, 1.82) is 0 Å². The van der Waals surface area contributed by atoms with Crippen LogP contribution < -0.4 is 10.1 Å². The third-order valence-corrected chi connectivity index (χ3v) is 5.15. The molecule has 1 atom stereocenters. The van der Waals surface area contributed by atoms with Gasteiger partial charge in [-0.2, -0.15) is 0 Å². The van der Waals surface area contributed by atoms with E-state index in [-0.39, 0.29) is 17.6 Å². The number of hydrogen-bond acceptors (Lipinski definition) is 2. The maximum absolute atomic E-state index is 12.6. The van der Waals surface area contributed by atoms with Crippen LogP contribution in [-0.4, -0.2) is 11.5 Å². The van der Waals surface area contributed by atoms with Gasteiger partial charge in [0.15, 0.2) is 0 Å². The molecule has 0 aliphatic carbocycles. The molecule has 1 aliphatic rings. The minimum absolute atomic E-state index is 0.0574. The lowest BCUT2D eigenvalue weighted by Crippen LogP contribution is -2.44. The quantitative estimate of drug-likeness (QED) is 0.833. The average Bonchev–Trinajstić information content (AvgIpc) is 2.62. The second-order valence-electron chi connectivity index (χ2n) is 6.27. The lowest BCUT2D eigenvalue weighted by Gasteiger charge is -2.41. The number of para-hydroxylation sites is 1. The molecule has 4 heteroatoms. The first kappa shape index (κ1) is 16.8. The van der Waals surface area contributed by atoms with Gasteiger partial charge in [-0.05, 0) is 43.2 Å². The molecule has 0 radical (unpaired) electrons. The zero-order valence-electron chi connectivity index (χ0n) is 14.0. The molecule has 24 heavy (non-hydrogen) atoms. The zero-order valence-corrected chi connectivity index (χ0v) is 14.8. The number of fused-ring (bicyclic) bond motifs is 1. The van der Waals surface area contributed by atoms with E-state index in [2.05, 4.69) is 19.2 Å². The molecule has 3 nitrogen and oxygen atoms in total. The molecule has 0 saturated carbocycles. The molecule has 1 N–H and O–H groups in total. The van der Waals surface area contributed by atoms with Crippen molar-refractivity contribution in [1.82, 2.24) is 5.32 Å². The summed E-state index contributed by atoms with van der Waals surface area (Å²) in [4.78, 5) is 12.6. The maximum Gasteiger partial charge on any atom is 0.251 e. The summed E-state index contributed by atoms with van der Waals surface area (Å²) >= 11 is 5.90. The molecule has 0 fully saturated rings. The SMILES string of the molecule is CCC1(CC)C[C@@H](NC(=O)c2ccc(Cl)cc2)c2ccccc2O1. The second-order valence-corrected chi connectivity index (χ2v) is 6.70. The predicted molar refractivity (Wildman–Crippen MR) is 96.7 cm³/mol. The Kier molecular flexibility index (Phi) is 4.81. The van der Waals surface area contributed by atoms with Crippen LogP contribution in [0.2, 0.25) is 5.02 Å². The first-order valence-electron chi connectivity index (χ1n) is 8.41. The Morgan fingerprint density at radius 2 is 1.83 bits per heavy atom. The van der Waals surface area contributed by atoms with Crippen molar-refractivity contribution in [3.8, 4) is 5.75 Å². The summed E-state index contributed by atoms with van der Waals surface area (Å²) in [5, 5.41) is 3.80. The minimum Gasteiger partial charge on any atom is -0.487 e. The summed E-state index contributed by atoms with van der Waals surface area (Å²) in [6, 6.07) is 14.9. The molecule has 2 aromatic rings. The Morgan fingerprint density at radius 3 is 2.50 bits per heavy atom. The third-order valence-electron chi connectivity index (χ3n) is 4.90. The van der Waals surface area contributed by atoms with Gasteiger partial charge in [0.05, 0.1) is 6.04 Å². The van der Waals surface area contributed by atoms with E-state index < -0.39 is 0 Å². The summed E-state index contributed by atoms with van der Waals surface area (Å²) in [5.41, 5.74) is 1.42. The molecular formula is C20H22ClNO2. The Hall–Kier alpha value is -2.00. The molecule has 0 bridgehead atoms. The van der Waals surface area contributed by atoms with Crippen LogP contribution >= 0.6 is 11.6 Å². The highest BCUT2D eigenvalue weighted by atomic mass is 35.5. The zero-order chi connectivity index (χ0) is 17.2. The van der Waals surface area contributed by atoms with Crippen LogP contribution in [0.1, 0.15) is 55.1 Å². The van der Waals surface area contributed by atoms with Crippen LogP contribution in [0.5, 0.6) is 5.75 Å². The van der Waals surface area contributed by atoms with Gasteiger partial charge in [-0.3, -0.25) is 4.79 Å². The highest BCUT2D eigenvalue weighted by Crippen LogP contribution is 2.42. The second kappa shape index (κ2) is 6.86. The number of halogens is 1. The van der Waals surface area contributed by atoms with Gasteiger partial charge < -0.3 is 10.1 Å². The molecular weight excluding hydrogens is 322 g/mol. The van der Waals surface area contributed by atoms with Gasteiger partial charge in [-0.1, -0.05) is 43.6 Å². The van der Waals surface area contributed by atoms with E-state index in [0.29, 0.717) is 10.6 Å². The van der Waals surface area contributed by atoms with E-state index in [9.17, 15) is 4.79 Å². The van der Waals surface area contributed by atoms with Gasteiger partial charge in [0.25, 0.3) is 5.91 Å². The van der Waals surface area contributed by atoms with E-state index >= 15 is 0 Å². The highest BCUT2D eigenvalue weighted by molar-refractivity contribution is 6.30. The Labute approximate surface area is 148 Å². The molecule has 0 unspecified atom stereocenters. The predicted octanol–water partition coefficient (Wildman–Crippen LogP) is 5.15. The van der Waals surface area contributed by atoms with E-state index in [0.717, 1.165) is 30.6 Å². The molecule has 126 valence electrons. The highest BCUT2D eigenvalue weighted by Gasteiger charge is 2.38. The van der Waals surface area contributed by atoms with Crippen molar-refractivity contribution >= 4 is 17.5 Å². The van der Waals surface area contributed by atoms with E-state index in [1.54, 1.807) is 24.3 Å². The lowest BCUT2D eigenvalue weighted by molar-refractivity contribution is 0.0227. The van der Waals surface area contributed by atoms with Crippen LogP contribution in [0.15, 0.2) is 48.5 Å². The summed E-state index contributed by atoms with van der Waals surface area (Å²) < 4.78 is 6.28. The largest absolute Gasteiger partial charge is 0.487 e. The molecule has 2 aromatic carbocycles. The molecule has 1 amide bonds. The third kappa shape index (κ3) is 3.27. The van der Waals surface area contributed by atoms with Gasteiger partial charge in [-0.25, -0.2) is 0 Å². The smallest absolute Gasteiger partial charge is 0.251 e. The van der Waals surface area contributed by atoms with Crippen LogP contribution in [0.3, 0.4) is 0 Å². The number of benzene rings is 2. The molecule has 0 aromatic heterocycles. The summed E-state index contributed by atoms with van der Waals surface area (Å²) in [6.45, 7) is 4.27. The van der Waals surface area contributed by atoms with Crippen LogP contribution in [0.4, 0.5) is 0 Å². The normalized spacial score (nSPS) is 18.4. The van der Waals surface area contributed by atoms with E-state index in [1.807, 2.05) is 24.3 Å². The van der Waals surface area contributed by atoms with Crippen molar-refractivity contribution in [3.05, 3.63) is 64.7 Å². The van der Waals surface area contributed by atoms with Crippen molar-refractivity contribution < 1.29 is 9.53 Å². The molecule has 3 rings (SSSR count). The first-order chi connectivity index (χ1) is 11.6. The van der Waals surface area contributed by atoms with Crippen molar-refractivity contribution in [3.63, 3.8) is 0 Å². The molecule has 1 heterocycles. The molecule has 0 spiro atoms. The number of carbonyl (C=O) groups is 1. The number of rotatable bonds is 4. The summed E-state index contributed by atoms with van der Waals surface area (Å²) in [6.07, 6.45) is 2.59. The molecule has 0 saturated heterocycles. The monoisotopic (exact) mass is 343 g/mol. The van der Waals surface area contributed by atoms with Crippen LogP contribution in [-0.2, 0) is 0 Å². The number of carbonyl (C=O) groups excluding carboxylic acids is 1. The van der Waals surface area contributed by atoms with E-state index in [1.165, 1.54) is 0 Å². The maximum atomic E-state index is 12.6. The van der Waals surface area contributed by atoms with Gasteiger partial charge in [0, 0.05) is 22.6 Å². The van der Waals surface area contributed by atoms with E-state index in [4.69, 9.17) is 16.3 Å². The number of nitrogens with one attached hydrogen (secondary N) is 1. The summed E-state index contributed by atoms with van der Waals surface area (Å²) in [5.74, 6) is 0.781. The lowest BCUT2D eigenvalue weighted by atomic mass is 9.83. The number of amides is 1. The van der Waals surface area contributed by atoms with Crippen molar-refractivity contribution in [2.24, 2.45) is 0 Å². The van der Waals surface area contributed by atoms with Gasteiger partial charge >= 0.3 is 0 Å². The van der Waals surface area contributed by atoms with Gasteiger partial charge in [0.2, 0.25) is 0 Å². The van der Waals surface area contributed by atoms with Gasteiger partial charge in [-0.15, -0.1) is 0 Å². The fourth-order valence-electron chi connectivity index (χ4n) is 3.27. The minimum atomic E-state index is -0.230. The van der Waals surface area contributed by atoms with Crippen molar-refractivity contribution in [2.75, 3.05) is 0 Å². The Bertz CT molecular complexity index is 723. The Balaban J connectivity index is 1.88. The number of hydrogen-bond donors (Lipinski definition) is 1. The first-order valence-corrected chi connectivity index (χ1v) is 8.79. The fourth-order valence-corrected chi connectivity index (χ4v) is 3.40. The summed E-state index contributed by atoms with van der Waals surface area (Å²) in [7, 11) is 0. The topological polar surface area (TPSA) is 38.3 Å². The van der Waals surface area contributed by atoms with Gasteiger partial charge in [0.1, 0.15) is 11.4 Å². The van der Waals surface area contributed by atoms with Crippen LogP contribution in [0.25, 0.3) is 0 Å². The average molecular weight is 344 g/mol. The van der Waals surface area contributed by atoms with Crippen LogP contribution in [0, 0.1) is 0 Å². The fraction of sp³-hybridized carbons (Fsp3) is 0.350. The van der Waals surface area contributed by atoms with Crippen molar-refractivity contribution in [2.45, 2.75) is 44.8 Å².